The lowest BCUT2D eigenvalue weighted by molar-refractivity contribution is 0.0697. The van der Waals surface area contributed by atoms with Gasteiger partial charge in [0.05, 0.1) is 6.04 Å². The smallest absolute Gasteiger partial charge is 0.341 e. The van der Waals surface area contributed by atoms with E-state index in [0.29, 0.717) is 12.0 Å². The molecule has 0 aromatic carbocycles. The number of nitrogens with two attached hydrogens (primary N) is 1. The predicted molar refractivity (Wildman–Crippen MR) is 57.2 cm³/mol. The Balaban J connectivity index is 1.90. The van der Waals surface area contributed by atoms with Crippen molar-refractivity contribution in [3.05, 3.63) is 11.8 Å². The third-order valence-electron chi connectivity index (χ3n) is 3.63. The van der Waals surface area contributed by atoms with Crippen LogP contribution >= 0.6 is 0 Å². The van der Waals surface area contributed by atoms with Gasteiger partial charge in [-0.25, -0.2) is 4.79 Å². The topological polar surface area (TPSA) is 84.4 Å². The van der Waals surface area contributed by atoms with Crippen molar-refractivity contribution in [2.24, 2.45) is 5.92 Å². The molecule has 2 unspecified atom stereocenters. The number of hydrogen-bond donors (Lipinski definition) is 2. The molecule has 0 amide bonds. The molecular weight excluding hydrogens is 208 g/mol. The van der Waals surface area contributed by atoms with Gasteiger partial charge in [-0.3, -0.25) is 4.68 Å². The number of carboxylic acid groups (broad SMARTS) is 1. The number of nitrogens with zero attached hydrogens (tertiary/aromatic N) is 3. The third-order valence-corrected chi connectivity index (χ3v) is 3.63. The summed E-state index contributed by atoms with van der Waals surface area (Å²) < 4.78 is 1.74. The Labute approximate surface area is 92.6 Å². The average molecular weight is 222 g/mol. The van der Waals surface area contributed by atoms with E-state index in [0.717, 1.165) is 19.6 Å². The van der Waals surface area contributed by atoms with Gasteiger partial charge in [0, 0.05) is 19.3 Å². The molecule has 1 aromatic heterocycles. The van der Waals surface area contributed by atoms with Crippen LogP contribution in [0.3, 0.4) is 0 Å². The lowest BCUT2D eigenvalue weighted by Gasteiger charge is -2.22. The van der Waals surface area contributed by atoms with E-state index in [-0.39, 0.29) is 11.4 Å². The van der Waals surface area contributed by atoms with Crippen LogP contribution in [-0.2, 0) is 0 Å². The highest BCUT2D eigenvalue weighted by Crippen LogP contribution is 2.36. The summed E-state index contributed by atoms with van der Waals surface area (Å²) >= 11 is 0. The summed E-state index contributed by atoms with van der Waals surface area (Å²) in [5.74, 6) is -0.293. The SMILES string of the molecule is Nc1nn(C2CN3CC[C@H]2C3)cc1C(=O)O. The molecule has 6 nitrogen and oxygen atoms in total. The zero-order chi connectivity index (χ0) is 11.3. The molecule has 2 saturated heterocycles. The molecular formula is C10H14N4O2. The Bertz CT molecular complexity index is 442. The number of carboxylic acids is 1. The number of aromatic nitrogens is 2. The fourth-order valence-electron chi connectivity index (χ4n) is 2.80. The molecule has 3 heterocycles. The monoisotopic (exact) mass is 222 g/mol. The predicted octanol–water partition coefficient (Wildman–Crippen LogP) is 0.0401. The van der Waals surface area contributed by atoms with Gasteiger partial charge in [-0.2, -0.15) is 5.10 Å². The maximum Gasteiger partial charge on any atom is 0.341 e. The first-order valence-corrected chi connectivity index (χ1v) is 5.45. The van der Waals surface area contributed by atoms with E-state index in [1.807, 2.05) is 0 Å². The minimum atomic E-state index is -1.01. The molecule has 0 saturated carbocycles. The van der Waals surface area contributed by atoms with Crippen LogP contribution in [0.4, 0.5) is 5.82 Å². The molecule has 2 bridgehead atoms. The third kappa shape index (κ3) is 1.30. The molecule has 0 spiro atoms. The molecule has 86 valence electrons. The fourth-order valence-corrected chi connectivity index (χ4v) is 2.80. The van der Waals surface area contributed by atoms with Gasteiger partial charge in [-0.1, -0.05) is 0 Å². The van der Waals surface area contributed by atoms with Gasteiger partial charge >= 0.3 is 5.97 Å². The second-order valence-electron chi connectivity index (χ2n) is 4.59. The number of aromatic carboxylic acids is 1. The van der Waals surface area contributed by atoms with E-state index in [1.165, 1.54) is 6.42 Å². The van der Waals surface area contributed by atoms with Gasteiger partial charge in [-0.05, 0) is 18.9 Å². The van der Waals surface area contributed by atoms with E-state index in [2.05, 4.69) is 10.00 Å². The first-order chi connectivity index (χ1) is 7.65. The minimum Gasteiger partial charge on any atom is -0.477 e. The molecule has 6 heteroatoms. The maximum atomic E-state index is 10.9. The molecule has 0 aliphatic carbocycles. The van der Waals surface area contributed by atoms with Crippen molar-refractivity contribution >= 4 is 11.8 Å². The van der Waals surface area contributed by atoms with E-state index in [1.54, 1.807) is 10.9 Å². The van der Waals surface area contributed by atoms with Crippen LogP contribution in [0.2, 0.25) is 0 Å². The summed E-state index contributed by atoms with van der Waals surface area (Å²) in [7, 11) is 0. The second kappa shape index (κ2) is 3.21. The van der Waals surface area contributed by atoms with Crippen molar-refractivity contribution in [2.75, 3.05) is 25.4 Å². The first-order valence-electron chi connectivity index (χ1n) is 5.45. The van der Waals surface area contributed by atoms with Crippen molar-refractivity contribution in [3.8, 4) is 0 Å². The highest BCUT2D eigenvalue weighted by molar-refractivity contribution is 5.92. The zero-order valence-electron chi connectivity index (χ0n) is 8.83. The van der Waals surface area contributed by atoms with Crippen LogP contribution in [0.5, 0.6) is 0 Å². The van der Waals surface area contributed by atoms with Crippen molar-refractivity contribution < 1.29 is 9.90 Å². The Morgan fingerprint density at radius 2 is 2.38 bits per heavy atom. The Kier molecular flexibility index (Phi) is 1.94. The molecule has 1 aromatic rings. The molecule has 2 aliphatic heterocycles. The van der Waals surface area contributed by atoms with Crippen molar-refractivity contribution in [3.63, 3.8) is 0 Å². The van der Waals surface area contributed by atoms with Gasteiger partial charge in [0.1, 0.15) is 5.56 Å². The van der Waals surface area contributed by atoms with Gasteiger partial charge in [0.2, 0.25) is 0 Å². The standard InChI is InChI=1S/C10H14N4O2/c11-9-7(10(15)16)4-14(12-9)8-5-13-2-1-6(8)3-13/h4,6,8H,1-3,5H2,(H2,11,12)(H,15,16)/t6-,8?/m0/s1. The molecule has 2 aliphatic rings. The lowest BCUT2D eigenvalue weighted by Crippen LogP contribution is -2.26. The van der Waals surface area contributed by atoms with Crippen LogP contribution in [0.1, 0.15) is 22.8 Å². The number of fused-ring (bicyclic) bond motifs is 2. The first kappa shape index (κ1) is 9.65. The Hall–Kier alpha value is -1.56. The number of anilines is 1. The number of nitrogen functional groups attached to an aromatic ring is 1. The largest absolute Gasteiger partial charge is 0.477 e. The molecule has 2 fully saturated rings. The molecule has 3 atom stereocenters. The van der Waals surface area contributed by atoms with Crippen LogP contribution in [0.25, 0.3) is 0 Å². The number of rotatable bonds is 2. The lowest BCUT2D eigenvalue weighted by atomic mass is 10.0. The van der Waals surface area contributed by atoms with Gasteiger partial charge in [0.25, 0.3) is 0 Å². The van der Waals surface area contributed by atoms with Gasteiger partial charge in [0.15, 0.2) is 5.82 Å². The van der Waals surface area contributed by atoms with Crippen molar-refractivity contribution in [1.29, 1.82) is 0 Å². The van der Waals surface area contributed by atoms with Crippen LogP contribution in [0.15, 0.2) is 6.20 Å². The summed E-state index contributed by atoms with van der Waals surface area (Å²) in [6, 6.07) is 0.296. The molecule has 16 heavy (non-hydrogen) atoms. The summed E-state index contributed by atoms with van der Waals surface area (Å²) in [6.45, 7) is 3.22. The van der Waals surface area contributed by atoms with Crippen LogP contribution in [-0.4, -0.2) is 45.4 Å². The molecule has 3 rings (SSSR count). The Morgan fingerprint density at radius 3 is 2.88 bits per heavy atom. The highest BCUT2D eigenvalue weighted by atomic mass is 16.4. The van der Waals surface area contributed by atoms with Gasteiger partial charge in [-0.15, -0.1) is 0 Å². The van der Waals surface area contributed by atoms with E-state index < -0.39 is 5.97 Å². The number of hydrogen-bond acceptors (Lipinski definition) is 4. The maximum absolute atomic E-state index is 10.9. The normalized spacial score (nSPS) is 32.1. The highest BCUT2D eigenvalue weighted by Gasteiger charge is 2.39. The molecule has 3 N–H and O–H groups in total. The van der Waals surface area contributed by atoms with Crippen molar-refractivity contribution in [1.82, 2.24) is 14.7 Å². The van der Waals surface area contributed by atoms with Crippen molar-refractivity contribution in [2.45, 2.75) is 12.5 Å². The summed E-state index contributed by atoms with van der Waals surface area (Å²) in [4.78, 5) is 13.2. The fraction of sp³-hybridized carbons (Fsp3) is 0.600. The Morgan fingerprint density at radius 1 is 1.56 bits per heavy atom. The van der Waals surface area contributed by atoms with E-state index in [9.17, 15) is 4.79 Å². The summed E-state index contributed by atoms with van der Waals surface area (Å²) in [5, 5.41) is 13.0. The van der Waals surface area contributed by atoms with Gasteiger partial charge < -0.3 is 15.7 Å². The van der Waals surface area contributed by atoms with Crippen LogP contribution in [0, 0.1) is 5.92 Å². The summed E-state index contributed by atoms with van der Waals surface area (Å²) in [5.41, 5.74) is 5.69. The van der Waals surface area contributed by atoms with E-state index >= 15 is 0 Å². The minimum absolute atomic E-state index is 0.109. The second-order valence-corrected chi connectivity index (χ2v) is 4.59. The average Bonchev–Trinajstić information content (AvgIpc) is 2.89. The van der Waals surface area contributed by atoms with Crippen LogP contribution < -0.4 is 5.73 Å². The zero-order valence-corrected chi connectivity index (χ0v) is 8.83. The quantitative estimate of drug-likeness (QED) is 0.738. The number of piperidine rings is 1. The summed E-state index contributed by atoms with van der Waals surface area (Å²) in [6.07, 6.45) is 2.73. The molecule has 0 radical (unpaired) electrons. The number of carbonyl (C=O) groups is 1. The van der Waals surface area contributed by atoms with E-state index in [4.69, 9.17) is 10.8 Å².